The van der Waals surface area contributed by atoms with Crippen molar-refractivity contribution in [2.75, 3.05) is 0 Å². The van der Waals surface area contributed by atoms with Crippen LogP contribution in [-0.2, 0) is 4.79 Å². The zero-order valence-electron chi connectivity index (χ0n) is 4.96. The van der Waals surface area contributed by atoms with E-state index in [1.165, 1.54) is 18.3 Å². The number of hydrogen-bond acceptors (Lipinski definition) is 3. The van der Waals surface area contributed by atoms with Crippen molar-refractivity contribution in [1.29, 1.82) is 0 Å². The number of ether oxygens (including phenoxy) is 1. The fourth-order valence-corrected chi connectivity index (χ4v) is 1.03. The van der Waals surface area contributed by atoms with Crippen molar-refractivity contribution in [2.45, 2.75) is 6.92 Å². The van der Waals surface area contributed by atoms with Gasteiger partial charge in [0, 0.05) is 12.3 Å². The molecule has 2 nitrogen and oxygen atoms in total. The van der Waals surface area contributed by atoms with Crippen LogP contribution >= 0.6 is 11.3 Å². The van der Waals surface area contributed by atoms with E-state index in [1.807, 2.05) is 5.38 Å². The van der Waals surface area contributed by atoms with Crippen molar-refractivity contribution in [2.24, 2.45) is 0 Å². The molecule has 0 saturated carbocycles. The number of carbonyl (C=O) groups is 1. The number of hydrogen-bond donors (Lipinski definition) is 0. The Morgan fingerprint density at radius 3 is 2.80 bits per heavy atom. The van der Waals surface area contributed by atoms with Gasteiger partial charge in [-0.3, -0.25) is 4.79 Å². The molecule has 4 heteroatoms. The van der Waals surface area contributed by atoms with Gasteiger partial charge in [0.1, 0.15) is 5.75 Å². The Bertz CT molecular complexity index is 196. The molecule has 0 aliphatic rings. The van der Waals surface area contributed by atoms with Gasteiger partial charge in [-0.05, 0) is 11.4 Å². The predicted molar refractivity (Wildman–Crippen MR) is 42.8 cm³/mol. The average molecular weight is 150 g/mol. The SMILES string of the molecule is CC(=O)Oc1ccsc1.[LiH]. The van der Waals surface area contributed by atoms with E-state index in [0.717, 1.165) is 0 Å². The first kappa shape index (κ1) is 9.77. The second-order valence-corrected chi connectivity index (χ2v) is 2.33. The molecule has 1 aromatic heterocycles. The Balaban J connectivity index is 0.000000810. The molecule has 0 aliphatic heterocycles. The van der Waals surface area contributed by atoms with Crippen LogP contribution in [0.2, 0.25) is 0 Å². The molecule has 10 heavy (non-hydrogen) atoms. The summed E-state index contributed by atoms with van der Waals surface area (Å²) >= 11 is 1.50. The first-order valence-electron chi connectivity index (χ1n) is 2.49. The standard InChI is InChI=1S/C6H6O2S.Li.H/c1-5(7)8-6-2-3-9-4-6;;/h2-4H,1H3;;. The number of esters is 1. The van der Waals surface area contributed by atoms with Gasteiger partial charge in [0.05, 0.1) is 0 Å². The third kappa shape index (κ3) is 3.07. The van der Waals surface area contributed by atoms with Crippen molar-refractivity contribution in [3.05, 3.63) is 16.8 Å². The summed E-state index contributed by atoms with van der Waals surface area (Å²) in [6.07, 6.45) is 0. The van der Waals surface area contributed by atoms with Crippen LogP contribution in [0.3, 0.4) is 0 Å². The van der Waals surface area contributed by atoms with Gasteiger partial charge in [0.25, 0.3) is 0 Å². The van der Waals surface area contributed by atoms with Crippen molar-refractivity contribution < 1.29 is 9.53 Å². The summed E-state index contributed by atoms with van der Waals surface area (Å²) in [4.78, 5) is 10.3. The van der Waals surface area contributed by atoms with E-state index >= 15 is 0 Å². The van der Waals surface area contributed by atoms with Gasteiger partial charge < -0.3 is 4.74 Å². The number of carbonyl (C=O) groups excluding carboxylic acids is 1. The van der Waals surface area contributed by atoms with Crippen LogP contribution in [0.25, 0.3) is 0 Å². The van der Waals surface area contributed by atoms with E-state index in [0.29, 0.717) is 5.75 Å². The molecule has 0 aliphatic carbocycles. The second-order valence-electron chi connectivity index (χ2n) is 1.55. The van der Waals surface area contributed by atoms with Crippen LogP contribution in [0.5, 0.6) is 5.75 Å². The molecule has 0 aromatic carbocycles. The maximum absolute atomic E-state index is 10.3. The topological polar surface area (TPSA) is 26.3 Å². The Morgan fingerprint density at radius 2 is 2.40 bits per heavy atom. The summed E-state index contributed by atoms with van der Waals surface area (Å²) in [7, 11) is 0. The van der Waals surface area contributed by atoms with Crippen molar-refractivity contribution in [3.63, 3.8) is 0 Å². The van der Waals surface area contributed by atoms with Crippen LogP contribution in [0, 0.1) is 0 Å². The van der Waals surface area contributed by atoms with Gasteiger partial charge in [0.15, 0.2) is 0 Å². The molecule has 0 radical (unpaired) electrons. The maximum atomic E-state index is 10.3. The van der Waals surface area contributed by atoms with Crippen molar-refractivity contribution in [3.8, 4) is 5.75 Å². The molecule has 0 amide bonds. The Hall–Kier alpha value is -0.233. The number of rotatable bonds is 1. The monoisotopic (exact) mass is 150 g/mol. The Labute approximate surface area is 75.4 Å². The molecular formula is C6H7LiO2S. The summed E-state index contributed by atoms with van der Waals surface area (Å²) in [6, 6.07) is 1.76. The predicted octanol–water partition coefficient (Wildman–Crippen LogP) is 1.02. The van der Waals surface area contributed by atoms with Gasteiger partial charge in [-0.15, -0.1) is 11.3 Å². The van der Waals surface area contributed by atoms with Crippen molar-refractivity contribution >= 4 is 36.2 Å². The Kier molecular flexibility index (Phi) is 4.46. The summed E-state index contributed by atoms with van der Waals surface area (Å²) in [5.74, 6) is 0.362. The molecule has 0 saturated heterocycles. The van der Waals surface area contributed by atoms with E-state index in [-0.39, 0.29) is 24.8 Å². The normalized spacial score (nSPS) is 8.10. The quantitative estimate of drug-likeness (QED) is 0.441. The second kappa shape index (κ2) is 4.56. The molecular weight excluding hydrogens is 143 g/mol. The molecule has 0 spiro atoms. The van der Waals surface area contributed by atoms with Crippen LogP contribution < -0.4 is 4.74 Å². The van der Waals surface area contributed by atoms with E-state index in [4.69, 9.17) is 4.74 Å². The zero-order chi connectivity index (χ0) is 6.69. The van der Waals surface area contributed by atoms with Gasteiger partial charge in [0.2, 0.25) is 0 Å². The third-order valence-electron chi connectivity index (χ3n) is 0.757. The molecule has 0 bridgehead atoms. The molecule has 0 N–H and O–H groups in total. The summed E-state index contributed by atoms with van der Waals surface area (Å²) in [5, 5.41) is 3.64. The first-order chi connectivity index (χ1) is 4.29. The molecule has 0 fully saturated rings. The Morgan fingerprint density at radius 1 is 1.70 bits per heavy atom. The molecule has 1 heterocycles. The van der Waals surface area contributed by atoms with Crippen LogP contribution in [-0.4, -0.2) is 24.8 Å². The summed E-state index contributed by atoms with van der Waals surface area (Å²) in [6.45, 7) is 1.39. The number of thiophene rings is 1. The van der Waals surface area contributed by atoms with Crippen LogP contribution in [0.4, 0.5) is 0 Å². The minimum absolute atomic E-state index is 0. The van der Waals surface area contributed by atoms with E-state index in [2.05, 4.69) is 0 Å². The van der Waals surface area contributed by atoms with Gasteiger partial charge in [-0.1, -0.05) is 0 Å². The molecule has 50 valence electrons. The zero-order valence-corrected chi connectivity index (χ0v) is 5.77. The molecule has 0 unspecified atom stereocenters. The molecule has 0 atom stereocenters. The first-order valence-corrected chi connectivity index (χ1v) is 3.44. The summed E-state index contributed by atoms with van der Waals surface area (Å²) in [5.41, 5.74) is 0. The van der Waals surface area contributed by atoms with Crippen molar-refractivity contribution in [1.82, 2.24) is 0 Å². The van der Waals surface area contributed by atoms with Crippen LogP contribution in [0.1, 0.15) is 6.92 Å². The molecule has 1 rings (SSSR count). The van der Waals surface area contributed by atoms with Gasteiger partial charge in [-0.25, -0.2) is 0 Å². The average Bonchev–Trinajstić information content (AvgIpc) is 2.15. The molecule has 1 aromatic rings. The fourth-order valence-electron chi connectivity index (χ4n) is 0.476. The third-order valence-corrected chi connectivity index (χ3v) is 1.42. The van der Waals surface area contributed by atoms with E-state index < -0.39 is 0 Å². The van der Waals surface area contributed by atoms with Gasteiger partial charge >= 0.3 is 24.8 Å². The van der Waals surface area contributed by atoms with E-state index in [9.17, 15) is 4.79 Å². The summed E-state index contributed by atoms with van der Waals surface area (Å²) < 4.78 is 4.73. The minimum atomic E-state index is -0.270. The fraction of sp³-hybridized carbons (Fsp3) is 0.167. The van der Waals surface area contributed by atoms with E-state index in [1.54, 1.807) is 11.4 Å². The van der Waals surface area contributed by atoms with Crippen LogP contribution in [0.15, 0.2) is 16.8 Å². The van der Waals surface area contributed by atoms with Gasteiger partial charge in [-0.2, -0.15) is 0 Å².